The van der Waals surface area contributed by atoms with E-state index >= 15 is 0 Å². The highest BCUT2D eigenvalue weighted by molar-refractivity contribution is 6.11. The third kappa shape index (κ3) is 2.76. The van der Waals surface area contributed by atoms with Gasteiger partial charge in [0, 0.05) is 23.7 Å². The van der Waals surface area contributed by atoms with E-state index in [1.165, 1.54) is 0 Å². The zero-order chi connectivity index (χ0) is 17.2. The molecular formula is C21H19N3O. The SMILES string of the molecule is CN=C(N=C(N)c1ccccc1)C1=CC=CC2Oc3ccccc3C12. The summed E-state index contributed by atoms with van der Waals surface area (Å²) in [5.41, 5.74) is 9.28. The molecule has 4 nitrogen and oxygen atoms in total. The molecule has 2 aliphatic rings. The Morgan fingerprint density at radius 2 is 1.80 bits per heavy atom. The summed E-state index contributed by atoms with van der Waals surface area (Å²) >= 11 is 0. The van der Waals surface area contributed by atoms with Gasteiger partial charge in [0.05, 0.1) is 5.92 Å². The van der Waals surface area contributed by atoms with Gasteiger partial charge in [0.1, 0.15) is 17.7 Å². The molecule has 1 heterocycles. The molecule has 4 rings (SSSR count). The Hall–Kier alpha value is -3.14. The van der Waals surface area contributed by atoms with Gasteiger partial charge in [0.25, 0.3) is 0 Å². The van der Waals surface area contributed by atoms with Gasteiger partial charge in [-0.3, -0.25) is 4.99 Å². The Kier molecular flexibility index (Phi) is 3.94. The first kappa shape index (κ1) is 15.4. The summed E-state index contributed by atoms with van der Waals surface area (Å²) in [6.07, 6.45) is 6.10. The lowest BCUT2D eigenvalue weighted by Crippen LogP contribution is -2.25. The fourth-order valence-electron chi connectivity index (χ4n) is 3.35. The molecule has 2 N–H and O–H groups in total. The van der Waals surface area contributed by atoms with Gasteiger partial charge in [-0.15, -0.1) is 0 Å². The lowest BCUT2D eigenvalue weighted by molar-refractivity contribution is 0.267. The van der Waals surface area contributed by atoms with Crippen LogP contribution in [0.2, 0.25) is 0 Å². The first-order valence-electron chi connectivity index (χ1n) is 8.28. The number of ether oxygens (including phenoxy) is 1. The van der Waals surface area contributed by atoms with Crippen molar-refractivity contribution in [3.05, 3.63) is 89.5 Å². The minimum atomic E-state index is -0.0256. The van der Waals surface area contributed by atoms with Crippen molar-refractivity contribution in [3.63, 3.8) is 0 Å². The normalized spacial score (nSPS) is 22.0. The Bertz CT molecular complexity index is 910. The van der Waals surface area contributed by atoms with E-state index in [-0.39, 0.29) is 12.0 Å². The predicted octanol–water partition coefficient (Wildman–Crippen LogP) is 3.46. The van der Waals surface area contributed by atoms with Crippen molar-refractivity contribution in [2.24, 2.45) is 15.7 Å². The molecule has 2 aromatic rings. The van der Waals surface area contributed by atoms with Gasteiger partial charge in [-0.1, -0.05) is 60.7 Å². The number of rotatable bonds is 2. The van der Waals surface area contributed by atoms with Crippen molar-refractivity contribution in [2.45, 2.75) is 12.0 Å². The second-order valence-electron chi connectivity index (χ2n) is 6.02. The van der Waals surface area contributed by atoms with E-state index in [1.54, 1.807) is 7.05 Å². The van der Waals surface area contributed by atoms with Crippen LogP contribution in [-0.4, -0.2) is 24.8 Å². The maximum Gasteiger partial charge on any atom is 0.153 e. The first-order chi connectivity index (χ1) is 12.3. The maximum atomic E-state index is 6.20. The number of para-hydroxylation sites is 1. The van der Waals surface area contributed by atoms with E-state index in [0.717, 1.165) is 22.4 Å². The Morgan fingerprint density at radius 1 is 1.04 bits per heavy atom. The van der Waals surface area contributed by atoms with E-state index in [2.05, 4.69) is 28.2 Å². The Morgan fingerprint density at radius 3 is 2.60 bits per heavy atom. The average Bonchev–Trinajstić information content (AvgIpc) is 3.05. The summed E-state index contributed by atoms with van der Waals surface area (Å²) in [6.45, 7) is 0. The minimum absolute atomic E-state index is 0.0256. The molecule has 0 amide bonds. The van der Waals surface area contributed by atoms with Gasteiger partial charge >= 0.3 is 0 Å². The molecule has 1 aliphatic heterocycles. The van der Waals surface area contributed by atoms with Crippen LogP contribution in [0, 0.1) is 0 Å². The number of allylic oxidation sites excluding steroid dienone is 2. The molecule has 1 aliphatic carbocycles. The van der Waals surface area contributed by atoms with Crippen LogP contribution in [0.1, 0.15) is 17.0 Å². The van der Waals surface area contributed by atoms with Gasteiger partial charge < -0.3 is 10.5 Å². The van der Waals surface area contributed by atoms with Crippen molar-refractivity contribution in [3.8, 4) is 5.75 Å². The second kappa shape index (κ2) is 6.40. The molecule has 4 heteroatoms. The highest BCUT2D eigenvalue weighted by Crippen LogP contribution is 2.44. The van der Waals surface area contributed by atoms with E-state index in [4.69, 9.17) is 10.5 Å². The molecule has 25 heavy (non-hydrogen) atoms. The Labute approximate surface area is 147 Å². The van der Waals surface area contributed by atoms with Gasteiger partial charge in [-0.05, 0) is 12.1 Å². The van der Waals surface area contributed by atoms with Crippen molar-refractivity contribution in [2.75, 3.05) is 7.05 Å². The number of nitrogens with two attached hydrogens (primary N) is 1. The van der Waals surface area contributed by atoms with Crippen LogP contribution in [0.3, 0.4) is 0 Å². The van der Waals surface area contributed by atoms with E-state index in [9.17, 15) is 0 Å². The molecule has 0 bridgehead atoms. The Balaban J connectivity index is 1.72. The molecule has 0 saturated heterocycles. The third-order valence-corrected chi connectivity index (χ3v) is 4.52. The number of hydrogen-bond acceptors (Lipinski definition) is 2. The summed E-state index contributed by atoms with van der Waals surface area (Å²) < 4.78 is 6.06. The first-order valence-corrected chi connectivity index (χ1v) is 8.28. The van der Waals surface area contributed by atoms with E-state index < -0.39 is 0 Å². The average molecular weight is 329 g/mol. The molecule has 0 saturated carbocycles. The highest BCUT2D eigenvalue weighted by Gasteiger charge is 2.38. The van der Waals surface area contributed by atoms with Crippen molar-refractivity contribution in [1.29, 1.82) is 0 Å². The van der Waals surface area contributed by atoms with E-state index in [0.29, 0.717) is 11.7 Å². The second-order valence-corrected chi connectivity index (χ2v) is 6.02. The summed E-state index contributed by atoms with van der Waals surface area (Å²) in [4.78, 5) is 9.01. The third-order valence-electron chi connectivity index (χ3n) is 4.52. The molecule has 0 radical (unpaired) electrons. The predicted molar refractivity (Wildman–Crippen MR) is 101 cm³/mol. The molecule has 124 valence electrons. The summed E-state index contributed by atoms with van der Waals surface area (Å²) in [7, 11) is 1.74. The number of benzene rings is 2. The highest BCUT2D eigenvalue weighted by atomic mass is 16.5. The number of amidine groups is 2. The molecular weight excluding hydrogens is 310 g/mol. The number of aliphatic imine (C=N–C) groups is 2. The van der Waals surface area contributed by atoms with Crippen LogP contribution in [0.25, 0.3) is 0 Å². The minimum Gasteiger partial charge on any atom is -0.485 e. The summed E-state index contributed by atoms with van der Waals surface area (Å²) in [5.74, 6) is 2.11. The number of hydrogen-bond donors (Lipinski definition) is 1. The molecule has 2 aromatic carbocycles. The molecule has 0 spiro atoms. The monoisotopic (exact) mass is 329 g/mol. The van der Waals surface area contributed by atoms with Gasteiger partial charge in [0.2, 0.25) is 0 Å². The lowest BCUT2D eigenvalue weighted by Gasteiger charge is -2.22. The van der Waals surface area contributed by atoms with Crippen molar-refractivity contribution < 1.29 is 4.74 Å². The number of fused-ring (bicyclic) bond motifs is 3. The van der Waals surface area contributed by atoms with Crippen molar-refractivity contribution >= 4 is 11.7 Å². The van der Waals surface area contributed by atoms with Crippen LogP contribution < -0.4 is 10.5 Å². The topological polar surface area (TPSA) is 60.0 Å². The molecule has 0 fully saturated rings. The van der Waals surface area contributed by atoms with Gasteiger partial charge in [-0.25, -0.2) is 4.99 Å². The number of nitrogens with zero attached hydrogens (tertiary/aromatic N) is 2. The summed E-state index contributed by atoms with van der Waals surface area (Å²) in [6, 6.07) is 17.9. The zero-order valence-electron chi connectivity index (χ0n) is 14.0. The van der Waals surface area contributed by atoms with Crippen LogP contribution in [-0.2, 0) is 0 Å². The van der Waals surface area contributed by atoms with Crippen LogP contribution in [0.15, 0.2) is 88.4 Å². The zero-order valence-corrected chi connectivity index (χ0v) is 14.0. The van der Waals surface area contributed by atoms with Crippen LogP contribution in [0.4, 0.5) is 0 Å². The summed E-state index contributed by atoms with van der Waals surface area (Å²) in [5, 5.41) is 0. The molecule has 2 unspecified atom stereocenters. The van der Waals surface area contributed by atoms with Gasteiger partial charge in [0.15, 0.2) is 5.84 Å². The largest absolute Gasteiger partial charge is 0.485 e. The lowest BCUT2D eigenvalue weighted by atomic mass is 9.84. The molecule has 2 atom stereocenters. The van der Waals surface area contributed by atoms with E-state index in [1.807, 2.05) is 54.6 Å². The molecule has 0 aromatic heterocycles. The van der Waals surface area contributed by atoms with Crippen molar-refractivity contribution in [1.82, 2.24) is 0 Å². The standard InChI is InChI=1S/C21H19N3O/c1-23-21(24-20(22)14-8-3-2-4-9-14)16-11-7-13-18-19(16)15-10-5-6-12-17(15)25-18/h2-13,18-19H,1H3,(H2,22,23,24). The van der Waals surface area contributed by atoms with Gasteiger partial charge in [-0.2, -0.15) is 0 Å². The fraction of sp³-hybridized carbons (Fsp3) is 0.143. The maximum absolute atomic E-state index is 6.20. The quantitative estimate of drug-likeness (QED) is 0.677. The fourth-order valence-corrected chi connectivity index (χ4v) is 3.35. The van der Waals surface area contributed by atoms with Crippen LogP contribution in [0.5, 0.6) is 5.75 Å². The smallest absolute Gasteiger partial charge is 0.153 e. The van der Waals surface area contributed by atoms with Crippen LogP contribution >= 0.6 is 0 Å².